The molecule has 66 valence electrons. The average Bonchev–Trinajstić information content (AvgIpc) is 2.07. The van der Waals surface area contributed by atoms with Gasteiger partial charge in [-0.2, -0.15) is 0 Å². The predicted octanol–water partition coefficient (Wildman–Crippen LogP) is 2.62. The van der Waals surface area contributed by atoms with E-state index in [1.165, 1.54) is 6.07 Å². The number of halogens is 2. The van der Waals surface area contributed by atoms with Crippen molar-refractivity contribution < 1.29 is 9.13 Å². The fourth-order valence-corrected chi connectivity index (χ4v) is 1.49. The molecule has 0 unspecified atom stereocenters. The zero-order chi connectivity index (χ0) is 8.97. The Labute approximate surface area is 85.1 Å². The summed E-state index contributed by atoms with van der Waals surface area (Å²) < 4.78 is 18.4. The summed E-state index contributed by atoms with van der Waals surface area (Å²) in [6.07, 6.45) is 0.840. The second-order valence-electron chi connectivity index (χ2n) is 2.49. The van der Waals surface area contributed by atoms with Gasteiger partial charge in [0.1, 0.15) is 5.82 Å². The third kappa shape index (κ3) is 2.71. The molecule has 0 spiro atoms. The van der Waals surface area contributed by atoms with Gasteiger partial charge < -0.3 is 4.74 Å². The monoisotopic (exact) mass is 280 g/mol. The third-order valence-electron chi connectivity index (χ3n) is 1.58. The molecule has 0 fully saturated rings. The third-order valence-corrected chi connectivity index (χ3v) is 2.41. The first-order valence-corrected chi connectivity index (χ1v) is 4.75. The van der Waals surface area contributed by atoms with E-state index >= 15 is 0 Å². The fraction of sp³-hybridized carbons (Fsp3) is 0.333. The van der Waals surface area contributed by atoms with Gasteiger partial charge >= 0.3 is 0 Å². The molecule has 1 rings (SSSR count). The Kier molecular flexibility index (Phi) is 3.94. The molecule has 1 nitrogen and oxygen atoms in total. The van der Waals surface area contributed by atoms with E-state index in [9.17, 15) is 4.39 Å². The number of ether oxygens (including phenoxy) is 1. The normalized spacial score (nSPS) is 10.2. The first kappa shape index (κ1) is 9.92. The molecule has 0 atom stereocenters. The lowest BCUT2D eigenvalue weighted by Gasteiger charge is -2.01. The second kappa shape index (κ2) is 4.77. The molecular weight excluding hydrogens is 270 g/mol. The van der Waals surface area contributed by atoms with Crippen LogP contribution in [0.5, 0.6) is 0 Å². The molecule has 0 aliphatic heterocycles. The van der Waals surface area contributed by atoms with Crippen molar-refractivity contribution in [1.29, 1.82) is 0 Å². The fourth-order valence-electron chi connectivity index (χ4n) is 0.915. The zero-order valence-corrected chi connectivity index (χ0v) is 8.97. The van der Waals surface area contributed by atoms with Crippen LogP contribution in [0.25, 0.3) is 0 Å². The Morgan fingerprint density at radius 1 is 1.50 bits per heavy atom. The van der Waals surface area contributed by atoms with E-state index in [4.69, 9.17) is 4.74 Å². The van der Waals surface area contributed by atoms with Crippen LogP contribution >= 0.6 is 22.6 Å². The highest BCUT2D eigenvalue weighted by molar-refractivity contribution is 14.1. The van der Waals surface area contributed by atoms with E-state index in [0.717, 1.165) is 12.0 Å². The zero-order valence-electron chi connectivity index (χ0n) is 6.81. The highest BCUT2D eigenvalue weighted by atomic mass is 127. The molecule has 0 aromatic heterocycles. The molecule has 0 aliphatic rings. The maximum absolute atomic E-state index is 12.8. The van der Waals surface area contributed by atoms with Gasteiger partial charge in [-0.1, -0.05) is 6.07 Å². The summed E-state index contributed by atoms with van der Waals surface area (Å²) in [6, 6.07) is 5.12. The molecule has 0 bridgehead atoms. The van der Waals surface area contributed by atoms with Crippen molar-refractivity contribution in [3.63, 3.8) is 0 Å². The highest BCUT2D eigenvalue weighted by Gasteiger charge is 1.99. The van der Waals surface area contributed by atoms with Gasteiger partial charge in [-0.25, -0.2) is 4.39 Å². The van der Waals surface area contributed by atoms with Gasteiger partial charge in [0.05, 0.1) is 6.61 Å². The van der Waals surface area contributed by atoms with Crippen LogP contribution in [0.4, 0.5) is 4.39 Å². The van der Waals surface area contributed by atoms with Gasteiger partial charge in [-0.15, -0.1) is 0 Å². The minimum Gasteiger partial charge on any atom is -0.384 e. The van der Waals surface area contributed by atoms with Crippen molar-refractivity contribution in [2.45, 2.75) is 6.42 Å². The molecule has 3 heteroatoms. The van der Waals surface area contributed by atoms with E-state index in [1.54, 1.807) is 13.2 Å². The Hall–Kier alpha value is -0.160. The van der Waals surface area contributed by atoms with Crippen LogP contribution in [0, 0.1) is 9.39 Å². The van der Waals surface area contributed by atoms with Crippen LogP contribution in [0.15, 0.2) is 18.2 Å². The van der Waals surface area contributed by atoms with Gasteiger partial charge in [0, 0.05) is 10.7 Å². The maximum Gasteiger partial charge on any atom is 0.136 e. The van der Waals surface area contributed by atoms with Gasteiger partial charge in [-0.05, 0) is 46.7 Å². The molecular formula is C9H10FIO. The van der Waals surface area contributed by atoms with Crippen LogP contribution in [0.1, 0.15) is 5.56 Å². The van der Waals surface area contributed by atoms with Crippen LogP contribution in [-0.4, -0.2) is 13.7 Å². The van der Waals surface area contributed by atoms with Gasteiger partial charge in [0.2, 0.25) is 0 Å². The van der Waals surface area contributed by atoms with Crippen molar-refractivity contribution >= 4 is 22.6 Å². The van der Waals surface area contributed by atoms with Crippen molar-refractivity contribution in [3.8, 4) is 0 Å². The lowest BCUT2D eigenvalue weighted by Crippen LogP contribution is -1.95. The van der Waals surface area contributed by atoms with Crippen molar-refractivity contribution in [1.82, 2.24) is 0 Å². The molecule has 0 aliphatic carbocycles. The highest BCUT2D eigenvalue weighted by Crippen LogP contribution is 2.13. The number of benzene rings is 1. The Bertz CT molecular complexity index is 263. The van der Waals surface area contributed by atoms with E-state index < -0.39 is 0 Å². The van der Waals surface area contributed by atoms with E-state index in [1.807, 2.05) is 28.7 Å². The van der Waals surface area contributed by atoms with Gasteiger partial charge in [0.25, 0.3) is 0 Å². The summed E-state index contributed by atoms with van der Waals surface area (Å²) in [5.41, 5.74) is 1.11. The Balaban J connectivity index is 2.69. The average molecular weight is 280 g/mol. The summed E-state index contributed by atoms with van der Waals surface area (Å²) in [4.78, 5) is 0. The van der Waals surface area contributed by atoms with Gasteiger partial charge in [0.15, 0.2) is 0 Å². The quantitative estimate of drug-likeness (QED) is 0.773. The maximum atomic E-state index is 12.8. The molecule has 12 heavy (non-hydrogen) atoms. The molecule has 0 N–H and O–H groups in total. The summed E-state index contributed by atoms with van der Waals surface area (Å²) in [6.45, 7) is 0.682. The molecule has 0 heterocycles. The molecule has 0 saturated heterocycles. The van der Waals surface area contributed by atoms with Gasteiger partial charge in [-0.3, -0.25) is 0 Å². The van der Waals surface area contributed by atoms with E-state index in [0.29, 0.717) is 10.2 Å². The summed E-state index contributed by atoms with van der Waals surface area (Å²) >= 11 is 1.99. The van der Waals surface area contributed by atoms with Crippen LogP contribution in [0.2, 0.25) is 0 Å². The summed E-state index contributed by atoms with van der Waals surface area (Å²) in [5.74, 6) is -0.156. The number of hydrogen-bond acceptors (Lipinski definition) is 1. The standard InChI is InChI=1S/C9H10FIO/c1-12-5-4-7-2-3-8(10)9(11)6-7/h2-3,6H,4-5H2,1H3. The minimum absolute atomic E-state index is 0.156. The van der Waals surface area contributed by atoms with Crippen molar-refractivity contribution in [2.24, 2.45) is 0 Å². The number of rotatable bonds is 3. The number of methoxy groups -OCH3 is 1. The lowest BCUT2D eigenvalue weighted by atomic mass is 10.2. The SMILES string of the molecule is COCCc1ccc(F)c(I)c1. The summed E-state index contributed by atoms with van der Waals surface area (Å²) in [7, 11) is 1.66. The predicted molar refractivity (Wildman–Crippen MR) is 54.7 cm³/mol. The Morgan fingerprint density at radius 3 is 2.83 bits per heavy atom. The van der Waals surface area contributed by atoms with E-state index in [2.05, 4.69) is 0 Å². The van der Waals surface area contributed by atoms with Crippen LogP contribution < -0.4 is 0 Å². The molecule has 1 aromatic rings. The van der Waals surface area contributed by atoms with Crippen molar-refractivity contribution in [3.05, 3.63) is 33.1 Å². The molecule has 0 saturated carbocycles. The lowest BCUT2D eigenvalue weighted by molar-refractivity contribution is 0.202. The topological polar surface area (TPSA) is 9.23 Å². The molecule has 0 radical (unpaired) electrons. The van der Waals surface area contributed by atoms with Crippen LogP contribution in [-0.2, 0) is 11.2 Å². The molecule has 1 aromatic carbocycles. The smallest absolute Gasteiger partial charge is 0.136 e. The van der Waals surface area contributed by atoms with Crippen LogP contribution in [0.3, 0.4) is 0 Å². The van der Waals surface area contributed by atoms with E-state index in [-0.39, 0.29) is 5.82 Å². The van der Waals surface area contributed by atoms with Crippen molar-refractivity contribution in [2.75, 3.05) is 13.7 Å². The first-order chi connectivity index (χ1) is 5.74. The minimum atomic E-state index is -0.156. The molecule has 0 amide bonds. The largest absolute Gasteiger partial charge is 0.384 e. The Morgan fingerprint density at radius 2 is 2.25 bits per heavy atom. The second-order valence-corrected chi connectivity index (χ2v) is 3.65. The first-order valence-electron chi connectivity index (χ1n) is 3.67. The summed E-state index contributed by atoms with van der Waals surface area (Å²) in [5, 5.41) is 0. The number of hydrogen-bond donors (Lipinski definition) is 0.